The van der Waals surface area contributed by atoms with E-state index in [4.69, 9.17) is 11.6 Å². The molecule has 2 aliphatic heterocycles. The highest BCUT2D eigenvalue weighted by Crippen LogP contribution is 2.43. The molecule has 3 aliphatic rings. The second-order valence-corrected chi connectivity index (χ2v) is 9.23. The minimum Gasteiger partial charge on any atom is -0.379 e. The van der Waals surface area contributed by atoms with Crippen LogP contribution in [0.2, 0.25) is 5.15 Å². The summed E-state index contributed by atoms with van der Waals surface area (Å²) in [5.74, 6) is -0.881. The van der Waals surface area contributed by atoms with E-state index in [1.165, 1.54) is 11.1 Å². The third-order valence-electron chi connectivity index (χ3n) is 6.59. The zero-order valence-corrected chi connectivity index (χ0v) is 18.4. The number of hydrogen-bond acceptors (Lipinski definition) is 5. The van der Waals surface area contributed by atoms with Crippen LogP contribution in [0, 0.1) is 0 Å². The zero-order chi connectivity index (χ0) is 23.5. The van der Waals surface area contributed by atoms with Crippen LogP contribution in [0.3, 0.4) is 0 Å². The molecule has 1 saturated carbocycles. The summed E-state index contributed by atoms with van der Waals surface area (Å²) in [5, 5.41) is 12.3. The van der Waals surface area contributed by atoms with Gasteiger partial charge in [0.15, 0.2) is 11.3 Å². The topological polar surface area (TPSA) is 90.2 Å². The van der Waals surface area contributed by atoms with E-state index in [9.17, 15) is 27.9 Å². The molecule has 3 fully saturated rings. The first-order chi connectivity index (χ1) is 15.6. The van der Waals surface area contributed by atoms with E-state index in [1.54, 1.807) is 4.90 Å². The molecular formula is C21H23ClF3N5O3. The number of piperidine rings is 1. The van der Waals surface area contributed by atoms with E-state index < -0.39 is 29.5 Å². The smallest absolute Gasteiger partial charge is 0.379 e. The number of alkyl halides is 3. The first kappa shape index (κ1) is 22.4. The molecule has 0 bridgehead atoms. The van der Waals surface area contributed by atoms with E-state index in [2.05, 4.69) is 10.3 Å². The fourth-order valence-corrected chi connectivity index (χ4v) is 4.86. The lowest BCUT2D eigenvalue weighted by Gasteiger charge is -2.41. The fraction of sp³-hybridized carbons (Fsp3) is 0.571. The molecule has 1 unspecified atom stereocenters. The van der Waals surface area contributed by atoms with E-state index >= 15 is 0 Å². The van der Waals surface area contributed by atoms with Gasteiger partial charge < -0.3 is 14.9 Å². The normalized spacial score (nSPS) is 24.6. The number of aliphatic hydroxyl groups is 1. The van der Waals surface area contributed by atoms with E-state index in [0.29, 0.717) is 24.9 Å². The van der Waals surface area contributed by atoms with Crippen molar-refractivity contribution < 1.29 is 27.9 Å². The van der Waals surface area contributed by atoms with Gasteiger partial charge in [-0.1, -0.05) is 11.6 Å². The Labute approximate surface area is 192 Å². The lowest BCUT2D eigenvalue weighted by Crippen LogP contribution is -2.59. The van der Waals surface area contributed by atoms with Gasteiger partial charge >= 0.3 is 6.18 Å². The summed E-state index contributed by atoms with van der Waals surface area (Å²) in [6.07, 6.45) is -0.926. The van der Waals surface area contributed by atoms with Gasteiger partial charge in [0.1, 0.15) is 17.9 Å². The SMILES string of the molecule is O=C(c1nc2c(C(F)(F)F)cc(C3CC3)cn2c1Cl)N1CCN([C@H]2CCC(O)NC2)C(=O)C1. The molecule has 8 nitrogen and oxygen atoms in total. The van der Waals surface area contributed by atoms with E-state index in [1.807, 2.05) is 0 Å². The number of aromatic nitrogens is 2. The standard InChI is InChI=1S/C21H23ClF3N5O3/c22-18-17(27-19-14(21(23,24)25)7-12(9-30(18)19)11-1-2-11)20(33)28-5-6-29(16(32)10-28)13-3-4-15(31)26-8-13/h7,9,11,13,15,26,31H,1-6,8,10H2/t13-,15?/m0/s1. The van der Waals surface area contributed by atoms with Crippen LogP contribution in [0.5, 0.6) is 0 Å². The number of carbonyl (C=O) groups excluding carboxylic acids is 2. The minimum absolute atomic E-state index is 0.0502. The molecule has 12 heteroatoms. The highest BCUT2D eigenvalue weighted by molar-refractivity contribution is 6.33. The first-order valence-corrected chi connectivity index (χ1v) is 11.3. The summed E-state index contributed by atoms with van der Waals surface area (Å²) in [5.41, 5.74) is -1.13. The predicted octanol–water partition coefficient (Wildman–Crippen LogP) is 2.24. The van der Waals surface area contributed by atoms with Gasteiger partial charge in [0.05, 0.1) is 5.56 Å². The van der Waals surface area contributed by atoms with Crippen molar-refractivity contribution in [2.45, 2.75) is 50.0 Å². The Balaban J connectivity index is 1.40. The fourth-order valence-electron chi connectivity index (χ4n) is 4.61. The third-order valence-corrected chi connectivity index (χ3v) is 6.95. The van der Waals surface area contributed by atoms with Gasteiger partial charge in [-0.05, 0) is 43.2 Å². The molecule has 2 atom stereocenters. The third kappa shape index (κ3) is 4.17. The number of imidazole rings is 1. The Bertz CT molecular complexity index is 1110. The van der Waals surface area contributed by atoms with Gasteiger partial charge in [-0.15, -0.1) is 0 Å². The molecule has 0 radical (unpaired) electrons. The summed E-state index contributed by atoms with van der Waals surface area (Å²) in [6, 6.07) is 1.01. The number of aliphatic hydroxyl groups excluding tert-OH is 1. The Kier molecular flexibility index (Phi) is 5.53. The second-order valence-electron chi connectivity index (χ2n) is 8.87. The van der Waals surface area contributed by atoms with Crippen LogP contribution in [0.15, 0.2) is 12.3 Å². The van der Waals surface area contributed by atoms with Gasteiger partial charge in [-0.25, -0.2) is 4.98 Å². The van der Waals surface area contributed by atoms with Crippen molar-refractivity contribution in [1.82, 2.24) is 24.5 Å². The van der Waals surface area contributed by atoms with Crippen molar-refractivity contribution >= 4 is 29.1 Å². The summed E-state index contributed by atoms with van der Waals surface area (Å²) in [7, 11) is 0. The minimum atomic E-state index is -4.65. The zero-order valence-electron chi connectivity index (χ0n) is 17.6. The Hall–Kier alpha value is -2.37. The van der Waals surface area contributed by atoms with E-state index in [0.717, 1.165) is 23.3 Å². The molecule has 33 heavy (non-hydrogen) atoms. The number of pyridine rings is 1. The van der Waals surface area contributed by atoms with Crippen LogP contribution in [0.25, 0.3) is 5.65 Å². The van der Waals surface area contributed by atoms with Gasteiger partial charge in [-0.2, -0.15) is 13.2 Å². The second kappa shape index (κ2) is 8.14. The molecule has 5 rings (SSSR count). The largest absolute Gasteiger partial charge is 0.419 e. The summed E-state index contributed by atoms with van der Waals surface area (Å²) < 4.78 is 42.3. The molecular weight excluding hydrogens is 463 g/mol. The van der Waals surface area contributed by atoms with Crippen LogP contribution < -0.4 is 5.32 Å². The maximum Gasteiger partial charge on any atom is 0.419 e. The average molecular weight is 486 g/mol. The van der Waals surface area contributed by atoms with Gasteiger partial charge in [-0.3, -0.25) is 19.3 Å². The monoisotopic (exact) mass is 485 g/mol. The molecule has 2 saturated heterocycles. The van der Waals surface area contributed by atoms with Gasteiger partial charge in [0.25, 0.3) is 5.91 Å². The lowest BCUT2D eigenvalue weighted by molar-refractivity contribution is -0.138. The number of amides is 2. The summed E-state index contributed by atoms with van der Waals surface area (Å²) in [6.45, 7) is 0.759. The molecule has 2 N–H and O–H groups in total. The van der Waals surface area contributed by atoms with Crippen molar-refractivity contribution in [1.29, 1.82) is 0 Å². The van der Waals surface area contributed by atoms with Gasteiger partial charge in [0.2, 0.25) is 5.91 Å². The number of nitrogens with zero attached hydrogens (tertiary/aromatic N) is 4. The number of nitrogens with one attached hydrogen (secondary N) is 1. The average Bonchev–Trinajstić information content (AvgIpc) is 3.57. The van der Waals surface area contributed by atoms with Crippen molar-refractivity contribution in [3.05, 3.63) is 34.2 Å². The van der Waals surface area contributed by atoms with Crippen LogP contribution in [-0.4, -0.2) is 74.6 Å². The number of rotatable bonds is 3. The maximum absolute atomic E-state index is 13.7. The molecule has 2 amide bonds. The molecule has 0 spiro atoms. The number of piperazine rings is 1. The van der Waals surface area contributed by atoms with Crippen LogP contribution in [0.4, 0.5) is 13.2 Å². The lowest BCUT2D eigenvalue weighted by atomic mass is 10.0. The Morgan fingerprint density at radius 3 is 2.58 bits per heavy atom. The molecule has 2 aromatic rings. The predicted molar refractivity (Wildman–Crippen MR) is 112 cm³/mol. The molecule has 2 aromatic heterocycles. The highest BCUT2D eigenvalue weighted by atomic mass is 35.5. The van der Waals surface area contributed by atoms with Crippen LogP contribution >= 0.6 is 11.6 Å². The number of carbonyl (C=O) groups is 2. The van der Waals surface area contributed by atoms with Crippen molar-refractivity contribution in [2.75, 3.05) is 26.2 Å². The quantitative estimate of drug-likeness (QED) is 0.696. The molecule has 0 aromatic carbocycles. The van der Waals surface area contributed by atoms with E-state index in [-0.39, 0.29) is 48.3 Å². The molecule has 178 valence electrons. The summed E-state index contributed by atoms with van der Waals surface area (Å²) in [4.78, 5) is 32.8. The Morgan fingerprint density at radius 1 is 1.21 bits per heavy atom. The number of fused-ring (bicyclic) bond motifs is 1. The van der Waals surface area contributed by atoms with Crippen molar-refractivity contribution in [3.63, 3.8) is 0 Å². The first-order valence-electron chi connectivity index (χ1n) is 10.9. The maximum atomic E-state index is 13.7. The van der Waals surface area contributed by atoms with Crippen molar-refractivity contribution in [3.8, 4) is 0 Å². The van der Waals surface area contributed by atoms with Crippen LogP contribution in [0.1, 0.15) is 53.2 Å². The molecule has 1 aliphatic carbocycles. The van der Waals surface area contributed by atoms with Crippen LogP contribution in [-0.2, 0) is 11.0 Å². The van der Waals surface area contributed by atoms with Crippen molar-refractivity contribution in [2.24, 2.45) is 0 Å². The highest BCUT2D eigenvalue weighted by Gasteiger charge is 2.39. The van der Waals surface area contributed by atoms with Gasteiger partial charge in [0, 0.05) is 31.9 Å². The summed E-state index contributed by atoms with van der Waals surface area (Å²) >= 11 is 6.35. The Morgan fingerprint density at radius 2 is 1.97 bits per heavy atom. The molecule has 4 heterocycles. The number of hydrogen-bond donors (Lipinski definition) is 2. The number of halogens is 4.